The van der Waals surface area contributed by atoms with Crippen LogP contribution in [0.3, 0.4) is 0 Å². The molecule has 2 aromatic rings. The van der Waals surface area contributed by atoms with E-state index in [4.69, 9.17) is 4.74 Å². The first-order valence-electron chi connectivity index (χ1n) is 7.40. The van der Waals surface area contributed by atoms with E-state index in [9.17, 15) is 8.42 Å². The van der Waals surface area contributed by atoms with Gasteiger partial charge >= 0.3 is 0 Å². The van der Waals surface area contributed by atoms with Crippen molar-refractivity contribution in [2.45, 2.75) is 19.4 Å². The lowest BCUT2D eigenvalue weighted by Gasteiger charge is -2.20. The van der Waals surface area contributed by atoms with Crippen molar-refractivity contribution >= 4 is 21.4 Å². The highest BCUT2D eigenvalue weighted by molar-refractivity contribution is 7.92. The molecule has 2 N–H and O–H groups in total. The Morgan fingerprint density at radius 3 is 2.39 bits per heavy atom. The first-order chi connectivity index (χ1) is 10.9. The molecule has 0 aliphatic heterocycles. The van der Waals surface area contributed by atoms with Gasteiger partial charge in [0.2, 0.25) is 10.0 Å². The molecule has 5 nitrogen and oxygen atoms in total. The number of hydrogen-bond donors (Lipinski definition) is 2. The molecule has 0 heterocycles. The third kappa shape index (κ3) is 4.89. The summed E-state index contributed by atoms with van der Waals surface area (Å²) >= 11 is 0. The van der Waals surface area contributed by atoms with Crippen LogP contribution in [0.1, 0.15) is 24.9 Å². The van der Waals surface area contributed by atoms with E-state index in [2.05, 4.69) is 29.1 Å². The number of methoxy groups -OCH3 is 1. The van der Waals surface area contributed by atoms with E-state index in [1.165, 1.54) is 12.7 Å². The molecule has 0 fully saturated rings. The minimum Gasteiger partial charge on any atom is -0.495 e. The predicted octanol–water partition coefficient (Wildman–Crippen LogP) is 3.63. The Morgan fingerprint density at radius 2 is 1.83 bits per heavy atom. The van der Waals surface area contributed by atoms with Crippen molar-refractivity contribution in [1.82, 2.24) is 0 Å². The highest BCUT2D eigenvalue weighted by Gasteiger charge is 2.12. The molecule has 0 bridgehead atoms. The molecule has 0 spiro atoms. The van der Waals surface area contributed by atoms with Gasteiger partial charge in [-0.05, 0) is 30.2 Å². The Hall–Kier alpha value is -2.21. The molecular formula is C17H22N2O3S. The van der Waals surface area contributed by atoms with Crippen molar-refractivity contribution in [2.24, 2.45) is 0 Å². The van der Waals surface area contributed by atoms with Gasteiger partial charge in [-0.25, -0.2) is 8.42 Å². The summed E-state index contributed by atoms with van der Waals surface area (Å²) in [6.07, 6.45) is 2.02. The van der Waals surface area contributed by atoms with Crippen molar-refractivity contribution in [3.63, 3.8) is 0 Å². The van der Waals surface area contributed by atoms with E-state index < -0.39 is 10.0 Å². The molecule has 23 heavy (non-hydrogen) atoms. The third-order valence-electron chi connectivity index (χ3n) is 3.45. The molecule has 0 aromatic heterocycles. The van der Waals surface area contributed by atoms with Crippen molar-refractivity contribution in [3.05, 3.63) is 54.1 Å². The minimum atomic E-state index is -3.37. The highest BCUT2D eigenvalue weighted by atomic mass is 32.2. The van der Waals surface area contributed by atoms with Crippen LogP contribution in [0.15, 0.2) is 48.5 Å². The standard InChI is InChI=1S/C17H22N2O3S/c1-4-15(13-8-6-5-7-9-13)18-14-10-11-17(22-2)16(12-14)19-23(3,20)21/h5-12,15,18-19H,4H2,1-3H3. The number of benzene rings is 2. The predicted molar refractivity (Wildman–Crippen MR) is 94.6 cm³/mol. The molecule has 124 valence electrons. The molecule has 0 amide bonds. The summed E-state index contributed by atoms with van der Waals surface area (Å²) in [6, 6.07) is 15.6. The molecule has 0 saturated heterocycles. The Bertz CT molecular complexity index is 746. The molecule has 2 aromatic carbocycles. The van der Waals surface area contributed by atoms with Gasteiger partial charge in [0.25, 0.3) is 0 Å². The van der Waals surface area contributed by atoms with E-state index >= 15 is 0 Å². The van der Waals surface area contributed by atoms with Crippen LogP contribution in [0.4, 0.5) is 11.4 Å². The number of ether oxygens (including phenoxy) is 1. The SMILES string of the molecule is CCC(Nc1ccc(OC)c(NS(C)(=O)=O)c1)c1ccccc1. The molecule has 1 atom stereocenters. The fourth-order valence-electron chi connectivity index (χ4n) is 2.38. The van der Waals surface area contributed by atoms with E-state index in [-0.39, 0.29) is 6.04 Å². The van der Waals surface area contributed by atoms with Crippen LogP contribution in [0.2, 0.25) is 0 Å². The van der Waals surface area contributed by atoms with Gasteiger partial charge in [-0.2, -0.15) is 0 Å². The van der Waals surface area contributed by atoms with Crippen molar-refractivity contribution < 1.29 is 13.2 Å². The first-order valence-corrected chi connectivity index (χ1v) is 9.29. The number of anilines is 2. The topological polar surface area (TPSA) is 67.4 Å². The lowest BCUT2D eigenvalue weighted by molar-refractivity contribution is 0.417. The van der Waals surface area contributed by atoms with Gasteiger partial charge in [-0.15, -0.1) is 0 Å². The average molecular weight is 334 g/mol. The zero-order valence-electron chi connectivity index (χ0n) is 13.5. The number of rotatable bonds is 7. The smallest absolute Gasteiger partial charge is 0.229 e. The zero-order chi connectivity index (χ0) is 16.9. The summed E-state index contributed by atoms with van der Waals surface area (Å²) in [5.41, 5.74) is 2.43. The third-order valence-corrected chi connectivity index (χ3v) is 4.04. The van der Waals surface area contributed by atoms with Gasteiger partial charge in [-0.1, -0.05) is 37.3 Å². The molecule has 0 saturated carbocycles. The van der Waals surface area contributed by atoms with Crippen LogP contribution in [0.5, 0.6) is 5.75 Å². The zero-order valence-corrected chi connectivity index (χ0v) is 14.4. The summed E-state index contributed by atoms with van der Waals surface area (Å²) in [5.74, 6) is 0.480. The molecule has 0 aliphatic carbocycles. The minimum absolute atomic E-state index is 0.149. The lowest BCUT2D eigenvalue weighted by atomic mass is 10.0. The van der Waals surface area contributed by atoms with Crippen molar-refractivity contribution in [2.75, 3.05) is 23.4 Å². The van der Waals surface area contributed by atoms with Crippen molar-refractivity contribution in [3.8, 4) is 5.75 Å². The first kappa shape index (κ1) is 17.1. The second kappa shape index (κ2) is 7.37. The maximum atomic E-state index is 11.5. The normalized spacial score (nSPS) is 12.5. The fraction of sp³-hybridized carbons (Fsp3) is 0.294. The maximum absolute atomic E-state index is 11.5. The number of nitrogens with one attached hydrogen (secondary N) is 2. The second-order valence-corrected chi connectivity index (χ2v) is 7.05. The number of hydrogen-bond acceptors (Lipinski definition) is 4. The monoisotopic (exact) mass is 334 g/mol. The molecule has 1 unspecified atom stereocenters. The maximum Gasteiger partial charge on any atom is 0.229 e. The van der Waals surface area contributed by atoms with Gasteiger partial charge in [0, 0.05) is 5.69 Å². The van der Waals surface area contributed by atoms with Gasteiger partial charge in [0.05, 0.1) is 25.1 Å². The van der Waals surface area contributed by atoms with Crippen LogP contribution >= 0.6 is 0 Å². The molecule has 6 heteroatoms. The van der Waals surface area contributed by atoms with Crippen LogP contribution in [0, 0.1) is 0 Å². The van der Waals surface area contributed by atoms with Crippen LogP contribution in [0.25, 0.3) is 0 Å². The quantitative estimate of drug-likeness (QED) is 0.811. The van der Waals surface area contributed by atoms with E-state index in [1.54, 1.807) is 12.1 Å². The summed E-state index contributed by atoms with van der Waals surface area (Å²) in [7, 11) is -1.86. The van der Waals surface area contributed by atoms with Gasteiger partial charge in [0.15, 0.2) is 0 Å². The highest BCUT2D eigenvalue weighted by Crippen LogP contribution is 2.31. The van der Waals surface area contributed by atoms with Gasteiger partial charge in [0.1, 0.15) is 5.75 Å². The Kier molecular flexibility index (Phi) is 5.50. The second-order valence-electron chi connectivity index (χ2n) is 5.31. The van der Waals surface area contributed by atoms with Gasteiger partial charge in [-0.3, -0.25) is 4.72 Å². The Labute approximate surface area is 137 Å². The Balaban J connectivity index is 2.27. The molecule has 0 radical (unpaired) electrons. The fourth-order valence-corrected chi connectivity index (χ4v) is 2.94. The molecule has 0 aliphatic rings. The molecular weight excluding hydrogens is 312 g/mol. The van der Waals surface area contributed by atoms with Crippen LogP contribution in [-0.4, -0.2) is 21.8 Å². The van der Waals surface area contributed by atoms with Crippen molar-refractivity contribution in [1.29, 1.82) is 0 Å². The summed E-state index contributed by atoms with van der Waals surface area (Å²) in [4.78, 5) is 0. The largest absolute Gasteiger partial charge is 0.495 e. The molecule has 2 rings (SSSR count). The number of sulfonamides is 1. The van der Waals surface area contributed by atoms with E-state index in [0.29, 0.717) is 11.4 Å². The Morgan fingerprint density at radius 1 is 1.13 bits per heavy atom. The van der Waals surface area contributed by atoms with E-state index in [1.807, 2.05) is 24.3 Å². The summed E-state index contributed by atoms with van der Waals surface area (Å²) in [5, 5.41) is 3.43. The van der Waals surface area contributed by atoms with Crippen LogP contribution in [-0.2, 0) is 10.0 Å². The van der Waals surface area contributed by atoms with Crippen LogP contribution < -0.4 is 14.8 Å². The van der Waals surface area contributed by atoms with Gasteiger partial charge < -0.3 is 10.1 Å². The van der Waals surface area contributed by atoms with E-state index in [0.717, 1.165) is 18.4 Å². The average Bonchev–Trinajstić information content (AvgIpc) is 2.52. The summed E-state index contributed by atoms with van der Waals surface area (Å²) < 4.78 is 30.7. The lowest BCUT2D eigenvalue weighted by Crippen LogP contribution is -2.12. The summed E-state index contributed by atoms with van der Waals surface area (Å²) in [6.45, 7) is 2.10.